The molecule has 0 atom stereocenters. The highest BCUT2D eigenvalue weighted by Gasteiger charge is 2.04. The fourth-order valence-electron chi connectivity index (χ4n) is 0.975. The van der Waals surface area contributed by atoms with Crippen LogP contribution >= 0.6 is 23.4 Å². The van der Waals surface area contributed by atoms with Gasteiger partial charge in [0.1, 0.15) is 5.82 Å². The number of rotatable bonds is 3. The molecule has 0 aliphatic rings. The first kappa shape index (κ1) is 9.87. The van der Waals surface area contributed by atoms with Crippen molar-refractivity contribution >= 4 is 23.4 Å². The minimum Gasteiger partial charge on any atom is -0.207 e. The van der Waals surface area contributed by atoms with Crippen molar-refractivity contribution < 1.29 is 4.39 Å². The topological polar surface area (TPSA) is 0 Å². The van der Waals surface area contributed by atoms with E-state index in [4.69, 9.17) is 11.6 Å². The van der Waals surface area contributed by atoms with E-state index in [1.54, 1.807) is 23.9 Å². The first-order valence-corrected chi connectivity index (χ1v) is 5.44. The Kier molecular flexibility index (Phi) is 3.89. The van der Waals surface area contributed by atoms with Crippen molar-refractivity contribution in [3.05, 3.63) is 34.6 Å². The SMILES string of the molecule is CSCCc1c(F)cccc1Cl. The smallest absolute Gasteiger partial charge is 0.127 e. The van der Waals surface area contributed by atoms with Crippen LogP contribution in [0.15, 0.2) is 18.2 Å². The second-order valence-electron chi connectivity index (χ2n) is 2.44. The van der Waals surface area contributed by atoms with Crippen LogP contribution in [0.3, 0.4) is 0 Å². The molecule has 0 nitrogen and oxygen atoms in total. The van der Waals surface area contributed by atoms with Gasteiger partial charge in [-0.1, -0.05) is 17.7 Å². The lowest BCUT2D eigenvalue weighted by atomic mass is 10.1. The van der Waals surface area contributed by atoms with Crippen LogP contribution in [0.4, 0.5) is 4.39 Å². The Morgan fingerprint density at radius 3 is 2.83 bits per heavy atom. The third-order valence-electron chi connectivity index (χ3n) is 1.62. The Bertz CT molecular complexity index is 242. The third-order valence-corrected chi connectivity index (χ3v) is 2.58. The molecular weight excluding hydrogens is 195 g/mol. The minimum atomic E-state index is -0.198. The Hall–Kier alpha value is -0.210. The zero-order chi connectivity index (χ0) is 8.97. The largest absolute Gasteiger partial charge is 0.207 e. The van der Waals surface area contributed by atoms with Gasteiger partial charge >= 0.3 is 0 Å². The van der Waals surface area contributed by atoms with Gasteiger partial charge in [0.15, 0.2) is 0 Å². The van der Waals surface area contributed by atoms with E-state index in [9.17, 15) is 4.39 Å². The second-order valence-corrected chi connectivity index (χ2v) is 3.84. The fraction of sp³-hybridized carbons (Fsp3) is 0.333. The highest BCUT2D eigenvalue weighted by Crippen LogP contribution is 2.20. The van der Waals surface area contributed by atoms with Crippen LogP contribution in [-0.2, 0) is 6.42 Å². The Morgan fingerprint density at radius 1 is 1.50 bits per heavy atom. The van der Waals surface area contributed by atoms with E-state index in [1.165, 1.54) is 6.07 Å². The molecule has 0 heterocycles. The van der Waals surface area contributed by atoms with Crippen molar-refractivity contribution in [1.29, 1.82) is 0 Å². The van der Waals surface area contributed by atoms with Crippen LogP contribution in [0.1, 0.15) is 5.56 Å². The van der Waals surface area contributed by atoms with Crippen LogP contribution in [0, 0.1) is 5.82 Å². The molecule has 1 aromatic carbocycles. The van der Waals surface area contributed by atoms with Crippen LogP contribution in [0.5, 0.6) is 0 Å². The van der Waals surface area contributed by atoms with E-state index in [-0.39, 0.29) is 5.82 Å². The summed E-state index contributed by atoms with van der Waals surface area (Å²) >= 11 is 7.50. The number of hydrogen-bond acceptors (Lipinski definition) is 1. The second kappa shape index (κ2) is 4.73. The average Bonchev–Trinajstić information content (AvgIpc) is 2.04. The summed E-state index contributed by atoms with van der Waals surface area (Å²) in [4.78, 5) is 0. The van der Waals surface area contributed by atoms with Gasteiger partial charge in [0.2, 0.25) is 0 Å². The molecule has 1 aromatic rings. The van der Waals surface area contributed by atoms with Crippen molar-refractivity contribution in [3.63, 3.8) is 0 Å². The molecule has 0 saturated carbocycles. The number of benzene rings is 1. The van der Waals surface area contributed by atoms with Crippen molar-refractivity contribution in [2.24, 2.45) is 0 Å². The maximum absolute atomic E-state index is 13.1. The van der Waals surface area contributed by atoms with E-state index in [0.717, 1.165) is 5.75 Å². The summed E-state index contributed by atoms with van der Waals surface area (Å²) in [7, 11) is 0. The molecule has 0 radical (unpaired) electrons. The van der Waals surface area contributed by atoms with Gasteiger partial charge in [-0.15, -0.1) is 0 Å². The van der Waals surface area contributed by atoms with Crippen LogP contribution in [0.25, 0.3) is 0 Å². The van der Waals surface area contributed by atoms with Crippen molar-refractivity contribution in [2.75, 3.05) is 12.0 Å². The van der Waals surface area contributed by atoms with Gasteiger partial charge in [0.25, 0.3) is 0 Å². The van der Waals surface area contributed by atoms with Crippen LogP contribution < -0.4 is 0 Å². The molecular formula is C9H10ClFS. The lowest BCUT2D eigenvalue weighted by molar-refractivity contribution is 0.613. The van der Waals surface area contributed by atoms with Crippen molar-refractivity contribution in [3.8, 4) is 0 Å². The predicted molar refractivity (Wildman–Crippen MR) is 53.5 cm³/mol. The van der Waals surface area contributed by atoms with E-state index < -0.39 is 0 Å². The van der Waals surface area contributed by atoms with Gasteiger partial charge in [-0.25, -0.2) is 4.39 Å². The lowest BCUT2D eigenvalue weighted by Gasteiger charge is -2.03. The average molecular weight is 205 g/mol. The van der Waals surface area contributed by atoms with Gasteiger partial charge in [-0.05, 0) is 30.6 Å². The summed E-state index contributed by atoms with van der Waals surface area (Å²) in [5.41, 5.74) is 0.633. The maximum Gasteiger partial charge on any atom is 0.127 e. The normalized spacial score (nSPS) is 10.2. The number of hydrogen-bond donors (Lipinski definition) is 0. The monoisotopic (exact) mass is 204 g/mol. The summed E-state index contributed by atoms with van der Waals surface area (Å²) in [6.07, 6.45) is 2.70. The molecule has 12 heavy (non-hydrogen) atoms. The molecule has 0 spiro atoms. The molecule has 0 aliphatic heterocycles. The van der Waals surface area contributed by atoms with E-state index in [0.29, 0.717) is 17.0 Å². The molecule has 1 rings (SSSR count). The van der Waals surface area contributed by atoms with Crippen molar-refractivity contribution in [1.82, 2.24) is 0 Å². The van der Waals surface area contributed by atoms with Gasteiger partial charge in [-0.2, -0.15) is 11.8 Å². The van der Waals surface area contributed by atoms with Gasteiger partial charge < -0.3 is 0 Å². The van der Waals surface area contributed by atoms with E-state index >= 15 is 0 Å². The Morgan fingerprint density at radius 2 is 2.25 bits per heavy atom. The molecule has 0 N–H and O–H groups in total. The number of thioether (sulfide) groups is 1. The Labute approximate surface area is 81.1 Å². The van der Waals surface area contributed by atoms with E-state index in [1.807, 2.05) is 6.26 Å². The molecule has 0 unspecified atom stereocenters. The van der Waals surface area contributed by atoms with Gasteiger partial charge in [0, 0.05) is 10.6 Å². The standard InChI is InChI=1S/C9H10ClFS/c1-12-6-5-7-8(10)3-2-4-9(7)11/h2-4H,5-6H2,1H3. The predicted octanol–water partition coefficient (Wildman–Crippen LogP) is 3.38. The first-order chi connectivity index (χ1) is 5.75. The van der Waals surface area contributed by atoms with Gasteiger partial charge in [0.05, 0.1) is 0 Å². The molecule has 0 amide bonds. The van der Waals surface area contributed by atoms with Crippen molar-refractivity contribution in [2.45, 2.75) is 6.42 Å². The zero-order valence-electron chi connectivity index (χ0n) is 6.81. The fourth-order valence-corrected chi connectivity index (χ4v) is 1.64. The molecule has 66 valence electrons. The molecule has 0 saturated heterocycles. The summed E-state index contributed by atoms with van der Waals surface area (Å²) in [6.45, 7) is 0. The quantitative estimate of drug-likeness (QED) is 0.728. The third kappa shape index (κ3) is 2.39. The first-order valence-electron chi connectivity index (χ1n) is 3.67. The zero-order valence-corrected chi connectivity index (χ0v) is 8.38. The highest BCUT2D eigenvalue weighted by atomic mass is 35.5. The lowest BCUT2D eigenvalue weighted by Crippen LogP contribution is -1.93. The summed E-state index contributed by atoms with van der Waals surface area (Å²) in [5.74, 6) is 0.706. The molecule has 0 fully saturated rings. The maximum atomic E-state index is 13.1. The highest BCUT2D eigenvalue weighted by molar-refractivity contribution is 7.98. The summed E-state index contributed by atoms with van der Waals surface area (Å²) < 4.78 is 13.1. The summed E-state index contributed by atoms with van der Waals surface area (Å²) in [5, 5.41) is 0.532. The van der Waals surface area contributed by atoms with Gasteiger partial charge in [-0.3, -0.25) is 0 Å². The minimum absolute atomic E-state index is 0.198. The Balaban J connectivity index is 2.81. The molecule has 0 aliphatic carbocycles. The molecule has 3 heteroatoms. The molecule has 0 bridgehead atoms. The van der Waals surface area contributed by atoms with Crippen LogP contribution in [-0.4, -0.2) is 12.0 Å². The molecule has 0 aromatic heterocycles. The van der Waals surface area contributed by atoms with E-state index in [2.05, 4.69) is 0 Å². The summed E-state index contributed by atoms with van der Waals surface area (Å²) in [6, 6.07) is 4.79. The van der Waals surface area contributed by atoms with Crippen LogP contribution in [0.2, 0.25) is 5.02 Å². The number of halogens is 2.